The number of nitrogens with zero attached hydrogens (tertiary/aromatic N) is 1. The number of benzene rings is 2. The molecule has 34 heavy (non-hydrogen) atoms. The molecule has 2 aromatic carbocycles. The van der Waals surface area contributed by atoms with Crippen molar-refractivity contribution in [2.75, 3.05) is 32.9 Å². The van der Waals surface area contributed by atoms with Gasteiger partial charge in [0.1, 0.15) is 5.75 Å². The predicted octanol–water partition coefficient (Wildman–Crippen LogP) is 4.31. The van der Waals surface area contributed by atoms with Gasteiger partial charge in [-0.15, -0.1) is 0 Å². The summed E-state index contributed by atoms with van der Waals surface area (Å²) in [5, 5.41) is 3.54. The highest BCUT2D eigenvalue weighted by Gasteiger charge is 2.22. The number of hydrogen-bond donors (Lipinski definition) is 1. The summed E-state index contributed by atoms with van der Waals surface area (Å²) in [5.41, 5.74) is 1.60. The normalized spacial score (nSPS) is 16.0. The number of nitrogens with one attached hydrogen (secondary N) is 1. The highest BCUT2D eigenvalue weighted by molar-refractivity contribution is 6.32. The van der Waals surface area contributed by atoms with E-state index < -0.39 is 0 Å². The molecule has 2 aliphatic rings. The van der Waals surface area contributed by atoms with Crippen molar-refractivity contribution >= 4 is 23.4 Å². The van der Waals surface area contributed by atoms with Gasteiger partial charge in [0.05, 0.1) is 30.7 Å². The van der Waals surface area contributed by atoms with Gasteiger partial charge in [-0.2, -0.15) is 0 Å². The molecule has 2 aromatic rings. The zero-order valence-electron chi connectivity index (χ0n) is 19.5. The number of amides is 2. The third-order valence-electron chi connectivity index (χ3n) is 6.07. The van der Waals surface area contributed by atoms with Crippen LogP contribution < -0.4 is 19.5 Å². The van der Waals surface area contributed by atoms with Crippen LogP contribution in [-0.4, -0.2) is 49.6 Å². The van der Waals surface area contributed by atoms with Crippen molar-refractivity contribution in [1.82, 2.24) is 10.2 Å². The maximum Gasteiger partial charge on any atom is 0.260 e. The second-order valence-corrected chi connectivity index (χ2v) is 8.98. The summed E-state index contributed by atoms with van der Waals surface area (Å²) >= 11 is 6.38. The van der Waals surface area contributed by atoms with Gasteiger partial charge in [0.25, 0.3) is 5.91 Å². The van der Waals surface area contributed by atoms with Crippen LogP contribution in [0.1, 0.15) is 49.8 Å². The molecule has 0 aliphatic carbocycles. The minimum absolute atomic E-state index is 0.00289. The monoisotopic (exact) mass is 486 g/mol. The Bertz CT molecular complexity index is 1020. The average Bonchev–Trinajstić information content (AvgIpc) is 3.27. The largest absolute Gasteiger partial charge is 0.489 e. The van der Waals surface area contributed by atoms with Crippen LogP contribution >= 0.6 is 11.6 Å². The lowest BCUT2D eigenvalue weighted by Crippen LogP contribution is -2.33. The van der Waals surface area contributed by atoms with Crippen LogP contribution in [0.25, 0.3) is 0 Å². The van der Waals surface area contributed by atoms with Crippen LogP contribution in [0.5, 0.6) is 17.2 Å². The molecule has 2 heterocycles. The first-order valence-corrected chi connectivity index (χ1v) is 12.3. The first kappa shape index (κ1) is 24.2. The van der Waals surface area contributed by atoms with Gasteiger partial charge in [0.2, 0.25) is 5.91 Å². The van der Waals surface area contributed by atoms with E-state index in [0.717, 1.165) is 43.5 Å². The number of carbonyl (C=O) groups is 2. The molecular formula is C26H31ClN2O5. The van der Waals surface area contributed by atoms with E-state index >= 15 is 0 Å². The lowest BCUT2D eigenvalue weighted by atomic mass is 10.0. The van der Waals surface area contributed by atoms with E-state index in [-0.39, 0.29) is 30.9 Å². The number of halogens is 1. The van der Waals surface area contributed by atoms with Gasteiger partial charge in [-0.3, -0.25) is 9.59 Å². The smallest absolute Gasteiger partial charge is 0.260 e. The fraction of sp³-hybridized carbons (Fsp3) is 0.462. The number of likely N-dealkylation sites (tertiary alicyclic amines) is 1. The predicted molar refractivity (Wildman–Crippen MR) is 130 cm³/mol. The second-order valence-electron chi connectivity index (χ2n) is 8.57. The molecular weight excluding hydrogens is 456 g/mol. The van der Waals surface area contributed by atoms with E-state index in [0.29, 0.717) is 41.9 Å². The van der Waals surface area contributed by atoms with Crippen molar-refractivity contribution in [3.8, 4) is 17.2 Å². The summed E-state index contributed by atoms with van der Waals surface area (Å²) in [4.78, 5) is 27.2. The van der Waals surface area contributed by atoms with E-state index in [1.807, 2.05) is 42.2 Å². The molecule has 0 saturated carbocycles. The Morgan fingerprint density at radius 2 is 1.88 bits per heavy atom. The molecule has 7 nitrogen and oxygen atoms in total. The second kappa shape index (κ2) is 11.5. The van der Waals surface area contributed by atoms with Gasteiger partial charge in [0.15, 0.2) is 18.1 Å². The number of carbonyl (C=O) groups excluding carboxylic acids is 2. The lowest BCUT2D eigenvalue weighted by Gasteiger charge is -2.22. The minimum Gasteiger partial charge on any atom is -0.489 e. The van der Waals surface area contributed by atoms with Gasteiger partial charge in [-0.25, -0.2) is 0 Å². The van der Waals surface area contributed by atoms with Crippen molar-refractivity contribution in [3.05, 3.63) is 52.5 Å². The zero-order valence-corrected chi connectivity index (χ0v) is 20.2. The van der Waals surface area contributed by atoms with E-state index in [1.165, 1.54) is 0 Å². The molecule has 182 valence electrons. The average molecular weight is 487 g/mol. The third kappa shape index (κ3) is 5.95. The number of para-hydroxylation sites is 1. The Labute approximate surface area is 205 Å². The Kier molecular flexibility index (Phi) is 8.16. The van der Waals surface area contributed by atoms with Gasteiger partial charge in [0, 0.05) is 25.1 Å². The van der Waals surface area contributed by atoms with Crippen molar-refractivity contribution in [2.45, 2.75) is 45.1 Å². The molecule has 2 aliphatic heterocycles. The number of ether oxygens (including phenoxy) is 3. The van der Waals surface area contributed by atoms with Crippen molar-refractivity contribution < 1.29 is 23.8 Å². The zero-order chi connectivity index (χ0) is 23.9. The summed E-state index contributed by atoms with van der Waals surface area (Å²) < 4.78 is 17.3. The van der Waals surface area contributed by atoms with Gasteiger partial charge < -0.3 is 24.4 Å². The Morgan fingerprint density at radius 3 is 2.68 bits per heavy atom. The number of fused-ring (bicyclic) bond motifs is 1. The molecule has 0 spiro atoms. The SMILES string of the molecule is CCC(NC(=O)Cc1cc(Cl)c2c(c1)OCCCO2)c1ccccc1OCC(=O)N1CCCC1. The quantitative estimate of drug-likeness (QED) is 0.601. The first-order valence-electron chi connectivity index (χ1n) is 11.9. The first-order chi connectivity index (χ1) is 16.5. The van der Waals surface area contributed by atoms with E-state index in [1.54, 1.807) is 6.07 Å². The molecule has 1 unspecified atom stereocenters. The van der Waals surface area contributed by atoms with Crippen LogP contribution in [0.2, 0.25) is 5.02 Å². The fourth-order valence-corrected chi connectivity index (χ4v) is 4.60. The van der Waals surface area contributed by atoms with Gasteiger partial charge in [-0.1, -0.05) is 36.7 Å². The Hall–Kier alpha value is -2.93. The highest BCUT2D eigenvalue weighted by atomic mass is 35.5. The van der Waals surface area contributed by atoms with Crippen molar-refractivity contribution in [1.29, 1.82) is 0 Å². The number of hydrogen-bond acceptors (Lipinski definition) is 5. The van der Waals surface area contributed by atoms with Crippen molar-refractivity contribution in [2.24, 2.45) is 0 Å². The standard InChI is InChI=1S/C26H31ClN2O5/c1-2-21(19-8-3-4-9-22(19)34-17-25(31)29-10-5-6-11-29)28-24(30)16-18-14-20(27)26-23(15-18)32-12-7-13-33-26/h3-4,8-9,14-15,21H,2,5-7,10-13,16-17H2,1H3,(H,28,30). The van der Waals surface area contributed by atoms with Crippen LogP contribution in [0.4, 0.5) is 0 Å². The Balaban J connectivity index is 1.41. The third-order valence-corrected chi connectivity index (χ3v) is 6.36. The van der Waals surface area contributed by atoms with Gasteiger partial charge in [-0.05, 0) is 43.0 Å². The summed E-state index contributed by atoms with van der Waals surface area (Å²) in [5.74, 6) is 1.57. The van der Waals surface area contributed by atoms with Gasteiger partial charge >= 0.3 is 0 Å². The van der Waals surface area contributed by atoms with E-state index in [9.17, 15) is 9.59 Å². The van der Waals surface area contributed by atoms with Crippen LogP contribution in [0, 0.1) is 0 Å². The molecule has 0 radical (unpaired) electrons. The molecule has 1 N–H and O–H groups in total. The molecule has 8 heteroatoms. The molecule has 4 rings (SSSR count). The maximum absolute atomic E-state index is 12.9. The summed E-state index contributed by atoms with van der Waals surface area (Å²) in [6.07, 6.45) is 3.70. The minimum atomic E-state index is -0.249. The summed E-state index contributed by atoms with van der Waals surface area (Å²) in [6.45, 7) is 4.69. The summed E-state index contributed by atoms with van der Waals surface area (Å²) in [7, 11) is 0. The molecule has 1 atom stereocenters. The molecule has 1 fully saturated rings. The molecule has 0 bridgehead atoms. The van der Waals surface area contributed by atoms with Crippen molar-refractivity contribution in [3.63, 3.8) is 0 Å². The Morgan fingerprint density at radius 1 is 1.12 bits per heavy atom. The number of rotatable bonds is 8. The molecule has 1 saturated heterocycles. The van der Waals surface area contributed by atoms with Crippen LogP contribution in [-0.2, 0) is 16.0 Å². The topological polar surface area (TPSA) is 77.1 Å². The van der Waals surface area contributed by atoms with E-state index in [2.05, 4.69) is 5.32 Å². The lowest BCUT2D eigenvalue weighted by molar-refractivity contribution is -0.132. The molecule has 0 aromatic heterocycles. The van der Waals surface area contributed by atoms with E-state index in [4.69, 9.17) is 25.8 Å². The van der Waals surface area contributed by atoms with Crippen LogP contribution in [0.3, 0.4) is 0 Å². The van der Waals surface area contributed by atoms with Crippen LogP contribution in [0.15, 0.2) is 36.4 Å². The maximum atomic E-state index is 12.9. The molecule has 2 amide bonds. The summed E-state index contributed by atoms with van der Waals surface area (Å²) in [6, 6.07) is 10.8. The fourth-order valence-electron chi connectivity index (χ4n) is 4.31. The highest BCUT2D eigenvalue weighted by Crippen LogP contribution is 2.38.